The Morgan fingerprint density at radius 1 is 0.319 bits per heavy atom. The van der Waals surface area contributed by atoms with Crippen molar-refractivity contribution in [2.75, 3.05) is 0 Å². The number of aromatic amines is 4. The van der Waals surface area contributed by atoms with E-state index in [0.29, 0.717) is 0 Å². The molecule has 0 saturated carbocycles. The molecule has 0 amide bonds. The molecule has 226 valence electrons. The number of aromatic nitrogens is 4. The first-order valence-electron chi connectivity index (χ1n) is 15.7. The van der Waals surface area contributed by atoms with E-state index in [-0.39, 0.29) is 20.4 Å². The van der Waals surface area contributed by atoms with Gasteiger partial charge in [-0.2, -0.15) is 0 Å². The Morgan fingerprint density at radius 2 is 0.723 bits per heavy atom. The molecule has 0 unspecified atom stereocenters. The van der Waals surface area contributed by atoms with Crippen LogP contribution in [0.25, 0.3) is 66.9 Å². The minimum Gasteiger partial charge on any atom is -0.354 e. The van der Waals surface area contributed by atoms with E-state index in [2.05, 4.69) is 166 Å². The molecule has 4 nitrogen and oxygen atoms in total. The van der Waals surface area contributed by atoms with Gasteiger partial charge in [0, 0.05) is 102 Å². The van der Waals surface area contributed by atoms with Crippen molar-refractivity contribution in [1.82, 2.24) is 19.9 Å². The smallest absolute Gasteiger partial charge is 0.0565 e. The molecule has 8 bridgehead atoms. The van der Waals surface area contributed by atoms with Crippen LogP contribution in [-0.4, -0.2) is 19.9 Å². The number of benzene rings is 5. The molecule has 4 N–H and O–H groups in total. The van der Waals surface area contributed by atoms with E-state index in [1.54, 1.807) is 0 Å². The summed E-state index contributed by atoms with van der Waals surface area (Å²) in [5.74, 6) is 0. The molecule has 10 rings (SSSR count). The standard InChI is InChI=1S/C42H28N4.Pd/c1-2-12-25(13-3-1)40-41-32-20-10-8-18-30(32)38(45-41)23-36-28-16-6-4-14-26(28)34(43-36)22-35-27-15-5-7-17-29(27)37(44-35)24-39-31-19-9-11-21-33(31)42(40)46-39;/h1-24,43-46H;. The fraction of sp³-hybridized carbons (Fsp3) is 0. The summed E-state index contributed by atoms with van der Waals surface area (Å²) in [7, 11) is 0. The SMILES string of the molecule is C1=c2[nH]c(c3ccccc23)=Cc2[nH]c(c3ccccc23)C(c2ccccc2)=c2[nH]c(c3ccccc23)=Cc2[nH]c1c1ccccc21.[Pd]. The Morgan fingerprint density at radius 3 is 1.30 bits per heavy atom. The van der Waals surface area contributed by atoms with Crippen LogP contribution in [0.3, 0.4) is 0 Å². The maximum atomic E-state index is 3.92. The summed E-state index contributed by atoms with van der Waals surface area (Å²) in [5.41, 5.74) is 6.60. The van der Waals surface area contributed by atoms with Gasteiger partial charge in [-0.15, -0.1) is 0 Å². The average Bonchev–Trinajstić information content (AvgIpc) is 3.85. The summed E-state index contributed by atoms with van der Waals surface area (Å²) in [6.07, 6.45) is 6.79. The molecule has 4 aromatic heterocycles. The van der Waals surface area contributed by atoms with E-state index in [1.807, 2.05) is 0 Å². The van der Waals surface area contributed by atoms with Crippen LogP contribution in [0.15, 0.2) is 127 Å². The topological polar surface area (TPSA) is 63.2 Å². The molecule has 47 heavy (non-hydrogen) atoms. The molecule has 0 atom stereocenters. The molecule has 9 aromatic rings. The van der Waals surface area contributed by atoms with Crippen LogP contribution in [-0.2, 0) is 20.4 Å². The Kier molecular flexibility index (Phi) is 6.33. The van der Waals surface area contributed by atoms with Gasteiger partial charge in [0.2, 0.25) is 0 Å². The minimum absolute atomic E-state index is 0. The van der Waals surface area contributed by atoms with E-state index in [1.165, 1.54) is 43.1 Å². The average molecular weight is 695 g/mol. The van der Waals surface area contributed by atoms with Crippen LogP contribution in [0, 0.1) is 0 Å². The third kappa shape index (κ3) is 4.25. The summed E-state index contributed by atoms with van der Waals surface area (Å²) >= 11 is 0. The Labute approximate surface area is 283 Å². The summed E-state index contributed by atoms with van der Waals surface area (Å²) in [4.78, 5) is 15.4. The predicted molar refractivity (Wildman–Crippen MR) is 190 cm³/mol. The second-order valence-corrected chi connectivity index (χ2v) is 12.1. The summed E-state index contributed by atoms with van der Waals surface area (Å²) in [6, 6.07) is 45.4. The van der Waals surface area contributed by atoms with Gasteiger partial charge in [0.05, 0.1) is 11.0 Å². The first-order valence-corrected chi connectivity index (χ1v) is 15.7. The molecule has 0 aliphatic carbocycles. The van der Waals surface area contributed by atoms with Gasteiger partial charge in [0.25, 0.3) is 0 Å². The summed E-state index contributed by atoms with van der Waals surface area (Å²) in [5, 5.41) is 13.8. The maximum Gasteiger partial charge on any atom is 0.0565 e. The number of nitrogens with one attached hydrogen (secondary N) is 4. The zero-order chi connectivity index (χ0) is 30.2. The van der Waals surface area contributed by atoms with Crippen LogP contribution >= 0.6 is 0 Å². The quantitative estimate of drug-likeness (QED) is 0.139. The second kappa shape index (κ2) is 10.7. The van der Waals surface area contributed by atoms with Crippen molar-refractivity contribution in [1.29, 1.82) is 0 Å². The van der Waals surface area contributed by atoms with Gasteiger partial charge in [-0.05, 0) is 23.8 Å². The van der Waals surface area contributed by atoms with Gasteiger partial charge in [0.15, 0.2) is 0 Å². The molecular weight excluding hydrogens is 667 g/mol. The Hall–Kier alpha value is -5.60. The van der Waals surface area contributed by atoms with Crippen molar-refractivity contribution in [3.8, 4) is 0 Å². The van der Waals surface area contributed by atoms with Crippen molar-refractivity contribution in [3.05, 3.63) is 177 Å². The van der Waals surface area contributed by atoms with E-state index in [9.17, 15) is 0 Å². The second-order valence-electron chi connectivity index (χ2n) is 12.1. The van der Waals surface area contributed by atoms with Gasteiger partial charge in [-0.3, -0.25) is 0 Å². The fourth-order valence-electron chi connectivity index (χ4n) is 7.40. The molecule has 0 saturated heterocycles. The first kappa shape index (κ1) is 27.7. The van der Waals surface area contributed by atoms with Gasteiger partial charge >= 0.3 is 0 Å². The zero-order valence-electron chi connectivity index (χ0n) is 25.2. The summed E-state index contributed by atoms with van der Waals surface area (Å²) in [6.45, 7) is 0. The van der Waals surface area contributed by atoms with Crippen molar-refractivity contribution >= 4 is 66.9 Å². The maximum absolute atomic E-state index is 3.92. The van der Waals surface area contributed by atoms with E-state index < -0.39 is 0 Å². The summed E-state index contributed by atoms with van der Waals surface area (Å²) < 4.78 is 0. The van der Waals surface area contributed by atoms with Crippen molar-refractivity contribution < 1.29 is 20.4 Å². The van der Waals surface area contributed by atoms with Gasteiger partial charge in [0.1, 0.15) is 0 Å². The number of fused-ring (bicyclic) bond motifs is 20. The number of hydrogen-bond acceptors (Lipinski definition) is 0. The molecule has 5 heteroatoms. The molecule has 5 heterocycles. The van der Waals surface area contributed by atoms with Crippen LogP contribution in [0.5, 0.6) is 0 Å². The van der Waals surface area contributed by atoms with Gasteiger partial charge in [-0.25, -0.2) is 0 Å². The minimum atomic E-state index is 0. The molecule has 5 aromatic carbocycles. The van der Waals surface area contributed by atoms with E-state index in [0.717, 1.165) is 55.3 Å². The Balaban J connectivity index is 0.00000302. The first-order chi connectivity index (χ1) is 22.8. The normalized spacial score (nSPS) is 12.6. The van der Waals surface area contributed by atoms with E-state index in [4.69, 9.17) is 0 Å². The Bertz CT molecular complexity index is 2920. The molecular formula is C42H28N4Pd. The van der Waals surface area contributed by atoms with Crippen molar-refractivity contribution in [2.45, 2.75) is 0 Å². The molecule has 1 aliphatic heterocycles. The fourth-order valence-corrected chi connectivity index (χ4v) is 7.40. The van der Waals surface area contributed by atoms with Crippen molar-refractivity contribution in [2.24, 2.45) is 0 Å². The van der Waals surface area contributed by atoms with Crippen LogP contribution in [0.1, 0.15) is 28.3 Å². The van der Waals surface area contributed by atoms with Crippen LogP contribution < -0.4 is 21.4 Å². The van der Waals surface area contributed by atoms with Crippen molar-refractivity contribution in [3.63, 3.8) is 0 Å². The molecule has 0 spiro atoms. The third-order valence-electron chi connectivity index (χ3n) is 9.47. The van der Waals surface area contributed by atoms with Gasteiger partial charge < -0.3 is 19.9 Å². The van der Waals surface area contributed by atoms with Crippen LogP contribution in [0.4, 0.5) is 0 Å². The third-order valence-corrected chi connectivity index (χ3v) is 9.47. The molecule has 0 radical (unpaired) electrons. The zero-order valence-corrected chi connectivity index (χ0v) is 26.7. The molecule has 0 fully saturated rings. The monoisotopic (exact) mass is 694 g/mol. The molecule has 1 aliphatic rings. The van der Waals surface area contributed by atoms with E-state index >= 15 is 0 Å². The number of H-pyrrole nitrogens is 4. The van der Waals surface area contributed by atoms with Crippen LogP contribution in [0.2, 0.25) is 0 Å². The predicted octanol–water partition coefficient (Wildman–Crippen LogP) is 6.66. The van der Waals surface area contributed by atoms with Gasteiger partial charge in [-0.1, -0.05) is 127 Å². The number of hydrogen-bond donors (Lipinski definition) is 4. The largest absolute Gasteiger partial charge is 0.354 e. The number of rotatable bonds is 1.